The summed E-state index contributed by atoms with van der Waals surface area (Å²) in [7, 11) is -4.24. The molecule has 0 saturated carbocycles. The Morgan fingerprint density at radius 1 is 1.02 bits per heavy atom. The van der Waals surface area contributed by atoms with Gasteiger partial charge in [-0.1, -0.05) is 47.7 Å². The Bertz CT molecular complexity index is 2500. The second-order valence-electron chi connectivity index (χ2n) is 12.8. The number of hydrogen-bond acceptors (Lipinski definition) is 12. The smallest absolute Gasteiger partial charge is 0.414 e. The molecule has 0 aliphatic carbocycles. The zero-order valence-corrected chi connectivity index (χ0v) is 28.6. The monoisotopic (exact) mass is 738 g/mol. The van der Waals surface area contributed by atoms with E-state index in [1.807, 2.05) is 42.5 Å². The highest BCUT2D eigenvalue weighted by molar-refractivity contribution is 7.91. The van der Waals surface area contributed by atoms with E-state index in [1.54, 1.807) is 21.8 Å². The average Bonchev–Trinajstić information content (AvgIpc) is 3.98. The van der Waals surface area contributed by atoms with E-state index < -0.39 is 32.8 Å². The summed E-state index contributed by atoms with van der Waals surface area (Å²) >= 11 is 0. The van der Waals surface area contributed by atoms with Gasteiger partial charge in [0, 0.05) is 36.0 Å². The molecule has 3 aromatic heterocycles. The van der Waals surface area contributed by atoms with E-state index in [9.17, 15) is 23.2 Å². The summed E-state index contributed by atoms with van der Waals surface area (Å²) in [5.41, 5.74) is 4.07. The molecule has 1 saturated heterocycles. The number of para-hydroxylation sites is 1. The Morgan fingerprint density at radius 2 is 1.83 bits per heavy atom. The van der Waals surface area contributed by atoms with Gasteiger partial charge in [0.15, 0.2) is 11.5 Å². The summed E-state index contributed by atoms with van der Waals surface area (Å²) in [4.78, 5) is 34.6. The number of nitrogens with one attached hydrogen (secondary N) is 1. The highest BCUT2D eigenvalue weighted by atomic mass is 32.2. The first kappa shape index (κ1) is 32.5. The Morgan fingerprint density at radius 3 is 2.70 bits per heavy atom. The number of sulfone groups is 1. The number of hydrogen-bond donors (Lipinski definition) is 1. The molecular formula is C35H30N8O9S. The third kappa shape index (κ3) is 5.57. The lowest BCUT2D eigenvalue weighted by molar-refractivity contribution is -0.832. The number of carbonyl (C=O) groups is 2. The van der Waals surface area contributed by atoms with Crippen molar-refractivity contribution in [3.8, 4) is 17.4 Å². The van der Waals surface area contributed by atoms with Crippen molar-refractivity contribution < 1.29 is 41.7 Å². The van der Waals surface area contributed by atoms with E-state index in [4.69, 9.17) is 14.2 Å². The molecule has 6 heterocycles. The van der Waals surface area contributed by atoms with Crippen LogP contribution in [0.2, 0.25) is 0 Å². The van der Waals surface area contributed by atoms with Crippen molar-refractivity contribution in [2.24, 2.45) is 0 Å². The van der Waals surface area contributed by atoms with Crippen molar-refractivity contribution in [2.75, 3.05) is 19.9 Å². The summed E-state index contributed by atoms with van der Waals surface area (Å²) in [5.74, 6) is 0.365. The Balaban J connectivity index is 0.890. The minimum atomic E-state index is -4.24. The van der Waals surface area contributed by atoms with Crippen LogP contribution < -0.4 is 19.1 Å². The summed E-state index contributed by atoms with van der Waals surface area (Å²) in [6.07, 6.45) is 2.36. The normalized spacial score (nSPS) is 18.0. The maximum atomic E-state index is 14.2. The molecule has 270 valence electrons. The van der Waals surface area contributed by atoms with Crippen LogP contribution in [0.4, 0.5) is 0 Å². The number of nitrogens with zero attached hydrogens (tertiary/aromatic N) is 7. The van der Waals surface area contributed by atoms with Crippen LogP contribution in [0.3, 0.4) is 0 Å². The Kier molecular flexibility index (Phi) is 7.76. The number of H-pyrrole nitrogens is 1. The van der Waals surface area contributed by atoms with Crippen molar-refractivity contribution in [1.82, 2.24) is 34.9 Å². The van der Waals surface area contributed by atoms with Crippen LogP contribution in [0.25, 0.3) is 10.9 Å². The molecule has 1 fully saturated rings. The lowest BCUT2D eigenvalue weighted by Gasteiger charge is -2.47. The topological polar surface area (TPSA) is 202 Å². The molecular weight excluding hydrogens is 708 g/mol. The number of piperazine rings is 1. The minimum Gasteiger partial charge on any atom is -0.454 e. The average molecular weight is 739 g/mol. The second kappa shape index (κ2) is 12.7. The van der Waals surface area contributed by atoms with E-state index in [2.05, 4.69) is 25.1 Å². The number of aromatic nitrogens is 6. The number of benzene rings is 3. The van der Waals surface area contributed by atoms with Gasteiger partial charge in [0.1, 0.15) is 18.3 Å². The molecule has 0 radical (unpaired) electrons. The number of aryl methyl sites for hydroxylation is 1. The quantitative estimate of drug-likeness (QED) is 0.159. The fraction of sp³-hybridized carbons (Fsp3) is 0.257. The van der Waals surface area contributed by atoms with Crippen LogP contribution in [-0.4, -0.2) is 81.2 Å². The van der Waals surface area contributed by atoms with Crippen molar-refractivity contribution in [3.05, 3.63) is 107 Å². The summed E-state index contributed by atoms with van der Waals surface area (Å²) in [5, 5.41) is 24.3. The zero-order valence-electron chi connectivity index (χ0n) is 27.8. The van der Waals surface area contributed by atoms with Crippen LogP contribution in [0, 0.1) is 5.21 Å². The standard InChI is InChI=1S/C35H30N8O9S/c44-30-19-40(17-22-18-41(39-37-22)13-6-14-49-33-35(43(46)52-38-33)53(47,48)23-7-2-1-3-8-23)34(45)27-16-25-24-9-4-5-10-26(24)36-31(25)32(42(27)30)21-11-12-28-29(15-21)51-20-50-28/h1-5,7-12,15,18,27,32,36H,6,13-14,16-17,19-20H2/t27-,32-/m1/s1. The van der Waals surface area contributed by atoms with Gasteiger partial charge in [-0.3, -0.25) is 18.9 Å². The number of fused-ring (bicyclic) bond motifs is 5. The first-order valence-electron chi connectivity index (χ1n) is 16.8. The van der Waals surface area contributed by atoms with E-state index in [0.29, 0.717) is 36.6 Å². The van der Waals surface area contributed by atoms with Gasteiger partial charge in [-0.25, -0.2) is 8.42 Å². The molecule has 18 heteroatoms. The lowest BCUT2D eigenvalue weighted by atomic mass is 9.86. The van der Waals surface area contributed by atoms with Crippen LogP contribution in [0.15, 0.2) is 93.5 Å². The van der Waals surface area contributed by atoms with Gasteiger partial charge < -0.3 is 34.2 Å². The molecule has 2 atom stereocenters. The molecule has 0 unspecified atom stereocenters. The minimum absolute atomic E-state index is 0.0178. The second-order valence-corrected chi connectivity index (χ2v) is 14.7. The van der Waals surface area contributed by atoms with Gasteiger partial charge in [-0.05, 0) is 46.4 Å². The third-order valence-corrected chi connectivity index (χ3v) is 11.3. The first-order valence-corrected chi connectivity index (χ1v) is 18.3. The van der Waals surface area contributed by atoms with Crippen molar-refractivity contribution in [3.63, 3.8) is 0 Å². The van der Waals surface area contributed by atoms with E-state index in [0.717, 1.165) is 27.7 Å². The van der Waals surface area contributed by atoms with Crippen LogP contribution in [0.1, 0.15) is 35.0 Å². The first-order chi connectivity index (χ1) is 25.8. The summed E-state index contributed by atoms with van der Waals surface area (Å²) < 4.78 is 48.8. The highest BCUT2D eigenvalue weighted by Gasteiger charge is 2.48. The summed E-state index contributed by atoms with van der Waals surface area (Å²) in [6, 6.07) is 19.6. The fourth-order valence-electron chi connectivity index (χ4n) is 7.24. The van der Waals surface area contributed by atoms with Gasteiger partial charge in [0.2, 0.25) is 18.6 Å². The molecule has 2 amide bonds. The number of aromatic amines is 1. The molecule has 53 heavy (non-hydrogen) atoms. The summed E-state index contributed by atoms with van der Waals surface area (Å²) in [6.45, 7) is 0.344. The Labute approximate surface area is 300 Å². The Hall–Kier alpha value is -6.43. The van der Waals surface area contributed by atoms with Crippen molar-refractivity contribution >= 4 is 32.6 Å². The van der Waals surface area contributed by atoms with E-state index in [1.165, 1.54) is 29.2 Å². The van der Waals surface area contributed by atoms with Gasteiger partial charge in [0.05, 0.1) is 35.4 Å². The molecule has 17 nitrogen and oxygen atoms in total. The zero-order chi connectivity index (χ0) is 36.3. The van der Waals surface area contributed by atoms with Gasteiger partial charge in [-0.2, -0.15) is 0 Å². The molecule has 1 N–H and O–H groups in total. The number of rotatable bonds is 10. The molecule has 3 aliphatic rings. The molecule has 3 aromatic carbocycles. The van der Waals surface area contributed by atoms with E-state index in [-0.39, 0.29) is 48.1 Å². The maximum absolute atomic E-state index is 14.2. The van der Waals surface area contributed by atoms with Crippen molar-refractivity contribution in [1.29, 1.82) is 0 Å². The van der Waals surface area contributed by atoms with Gasteiger partial charge in [-0.15, -0.1) is 5.10 Å². The third-order valence-electron chi connectivity index (χ3n) is 9.62. The molecule has 9 rings (SSSR count). The molecule has 0 bridgehead atoms. The SMILES string of the molecule is O=C1[C@H]2Cc3c([nH]c4ccccc34)[C@@H](c3ccc4c(c3)OCO4)N2C(=O)CN1Cc1cn(CCCOc2no[n+]([O-])c2S(=O)(=O)c2ccccc2)nn1. The van der Waals surface area contributed by atoms with E-state index >= 15 is 0 Å². The number of amides is 2. The van der Waals surface area contributed by atoms with Crippen LogP contribution in [0.5, 0.6) is 17.4 Å². The van der Waals surface area contributed by atoms with Gasteiger partial charge in [0.25, 0.3) is 9.84 Å². The van der Waals surface area contributed by atoms with Crippen LogP contribution >= 0.6 is 0 Å². The number of carbonyl (C=O) groups excluding carboxylic acids is 2. The predicted octanol–water partition coefficient (Wildman–Crippen LogP) is 2.30. The lowest BCUT2D eigenvalue weighted by Crippen LogP contribution is -2.62. The highest BCUT2D eigenvalue weighted by Crippen LogP contribution is 2.45. The van der Waals surface area contributed by atoms with Crippen molar-refractivity contribution in [2.45, 2.75) is 47.9 Å². The predicted molar refractivity (Wildman–Crippen MR) is 180 cm³/mol. The molecule has 0 spiro atoms. The molecule has 3 aliphatic heterocycles. The fourth-order valence-corrected chi connectivity index (χ4v) is 8.53. The van der Waals surface area contributed by atoms with Gasteiger partial charge >= 0.3 is 10.9 Å². The molecule has 6 aromatic rings. The maximum Gasteiger partial charge on any atom is 0.414 e. The number of ether oxygens (including phenoxy) is 3. The largest absolute Gasteiger partial charge is 0.454 e. The van der Waals surface area contributed by atoms with Crippen LogP contribution in [-0.2, 0) is 38.9 Å².